The molecule has 0 nitrogen and oxygen atoms in total. The first-order valence-corrected chi connectivity index (χ1v) is 5.56. The molecule has 0 heterocycles. The van der Waals surface area contributed by atoms with Crippen molar-refractivity contribution in [2.45, 2.75) is 25.9 Å². The van der Waals surface area contributed by atoms with Gasteiger partial charge in [0.2, 0.25) is 0 Å². The summed E-state index contributed by atoms with van der Waals surface area (Å²) in [5.41, 5.74) is 0.711. The Bertz CT molecular complexity index is 262. The lowest BCUT2D eigenvalue weighted by molar-refractivity contribution is 0.194. The van der Waals surface area contributed by atoms with Gasteiger partial charge in [-0.25, -0.2) is 4.39 Å². The summed E-state index contributed by atoms with van der Waals surface area (Å²) in [5.74, 6) is 0. The van der Waals surface area contributed by atoms with E-state index in [9.17, 15) is 4.39 Å². The largest absolute Gasteiger partial charge is 0.238 e. The van der Waals surface area contributed by atoms with E-state index in [4.69, 9.17) is 0 Å². The molecule has 0 aromatic heterocycles. The number of benzene rings is 1. The molecule has 0 saturated carbocycles. The SMILES string of the molecule is CCC(F)(CBr)c1ccc(C)cc1. The number of alkyl halides is 2. The molecule has 1 unspecified atom stereocenters. The molecule has 0 aliphatic rings. The summed E-state index contributed by atoms with van der Waals surface area (Å²) in [6.45, 7) is 3.87. The summed E-state index contributed by atoms with van der Waals surface area (Å²) in [6.07, 6.45) is 0.501. The minimum Gasteiger partial charge on any atom is -0.238 e. The molecule has 1 aromatic rings. The lowest BCUT2D eigenvalue weighted by Crippen LogP contribution is -2.20. The van der Waals surface area contributed by atoms with Gasteiger partial charge in [0, 0.05) is 5.33 Å². The van der Waals surface area contributed by atoms with Gasteiger partial charge < -0.3 is 0 Å². The Morgan fingerprint density at radius 3 is 2.23 bits per heavy atom. The Labute approximate surface area is 87.3 Å². The van der Waals surface area contributed by atoms with Crippen LogP contribution >= 0.6 is 15.9 Å². The molecule has 0 N–H and O–H groups in total. The highest BCUT2D eigenvalue weighted by Crippen LogP contribution is 2.31. The van der Waals surface area contributed by atoms with E-state index in [1.165, 1.54) is 0 Å². The molecule has 13 heavy (non-hydrogen) atoms. The number of rotatable bonds is 3. The molecule has 0 saturated heterocycles. The number of halogens is 2. The molecular formula is C11H14BrF. The van der Waals surface area contributed by atoms with E-state index in [1.807, 2.05) is 38.1 Å². The van der Waals surface area contributed by atoms with Gasteiger partial charge in [0.15, 0.2) is 0 Å². The van der Waals surface area contributed by atoms with E-state index in [-0.39, 0.29) is 0 Å². The van der Waals surface area contributed by atoms with E-state index in [0.29, 0.717) is 11.8 Å². The summed E-state index contributed by atoms with van der Waals surface area (Å²) in [4.78, 5) is 0. The van der Waals surface area contributed by atoms with Gasteiger partial charge in [0.1, 0.15) is 5.67 Å². The molecule has 2 heteroatoms. The van der Waals surface area contributed by atoms with Crippen LogP contribution in [-0.2, 0) is 5.67 Å². The Morgan fingerprint density at radius 1 is 1.31 bits per heavy atom. The third-order valence-electron chi connectivity index (χ3n) is 2.34. The number of hydrogen-bond acceptors (Lipinski definition) is 0. The van der Waals surface area contributed by atoms with E-state index in [1.54, 1.807) is 0 Å². The molecule has 0 aliphatic heterocycles. The summed E-state index contributed by atoms with van der Waals surface area (Å²) in [5, 5.41) is 0.361. The van der Waals surface area contributed by atoms with Gasteiger partial charge in [0.05, 0.1) is 0 Å². The molecule has 72 valence electrons. The van der Waals surface area contributed by atoms with Crippen molar-refractivity contribution in [2.24, 2.45) is 0 Å². The molecule has 1 atom stereocenters. The Hall–Kier alpha value is -0.370. The first kappa shape index (κ1) is 10.7. The van der Waals surface area contributed by atoms with Crippen LogP contribution < -0.4 is 0 Å². The second-order valence-corrected chi connectivity index (χ2v) is 3.88. The molecule has 0 spiro atoms. The van der Waals surface area contributed by atoms with Gasteiger partial charge in [-0.05, 0) is 18.9 Å². The number of hydrogen-bond donors (Lipinski definition) is 0. The topological polar surface area (TPSA) is 0 Å². The van der Waals surface area contributed by atoms with Crippen LogP contribution in [0.3, 0.4) is 0 Å². The predicted molar refractivity (Wildman–Crippen MR) is 58.1 cm³/mol. The van der Waals surface area contributed by atoms with Crippen LogP contribution in [0.15, 0.2) is 24.3 Å². The maximum absolute atomic E-state index is 14.1. The van der Waals surface area contributed by atoms with E-state index in [0.717, 1.165) is 11.1 Å². The summed E-state index contributed by atoms with van der Waals surface area (Å²) in [6, 6.07) is 7.62. The van der Waals surface area contributed by atoms with Gasteiger partial charge in [-0.3, -0.25) is 0 Å². The lowest BCUT2D eigenvalue weighted by Gasteiger charge is -2.21. The quantitative estimate of drug-likeness (QED) is 0.707. The van der Waals surface area contributed by atoms with Crippen molar-refractivity contribution in [3.63, 3.8) is 0 Å². The fourth-order valence-electron chi connectivity index (χ4n) is 1.23. The highest BCUT2D eigenvalue weighted by atomic mass is 79.9. The zero-order valence-electron chi connectivity index (χ0n) is 7.98. The average molecular weight is 245 g/mol. The van der Waals surface area contributed by atoms with Gasteiger partial charge in [-0.1, -0.05) is 52.7 Å². The fourth-order valence-corrected chi connectivity index (χ4v) is 1.95. The van der Waals surface area contributed by atoms with Gasteiger partial charge >= 0.3 is 0 Å². The van der Waals surface area contributed by atoms with E-state index < -0.39 is 5.67 Å². The van der Waals surface area contributed by atoms with Crippen molar-refractivity contribution in [1.29, 1.82) is 0 Å². The van der Waals surface area contributed by atoms with Crippen LogP contribution in [0, 0.1) is 6.92 Å². The maximum atomic E-state index is 14.1. The zero-order chi connectivity index (χ0) is 9.90. The Morgan fingerprint density at radius 2 is 1.85 bits per heavy atom. The minimum absolute atomic E-state index is 0.361. The van der Waals surface area contributed by atoms with Crippen molar-refractivity contribution in [3.05, 3.63) is 35.4 Å². The monoisotopic (exact) mass is 244 g/mol. The van der Waals surface area contributed by atoms with Crippen molar-refractivity contribution >= 4 is 15.9 Å². The van der Waals surface area contributed by atoms with E-state index in [2.05, 4.69) is 15.9 Å². The zero-order valence-corrected chi connectivity index (χ0v) is 9.57. The Balaban J connectivity index is 2.99. The molecule has 0 aliphatic carbocycles. The van der Waals surface area contributed by atoms with Crippen LogP contribution in [0.5, 0.6) is 0 Å². The molecule has 0 amide bonds. The average Bonchev–Trinajstić information content (AvgIpc) is 2.18. The first-order chi connectivity index (χ1) is 6.12. The van der Waals surface area contributed by atoms with Crippen molar-refractivity contribution < 1.29 is 4.39 Å². The molecule has 0 bridgehead atoms. The standard InChI is InChI=1S/C11H14BrF/c1-3-11(13,8-12)10-6-4-9(2)5-7-10/h4-7H,3,8H2,1-2H3. The molecule has 0 fully saturated rings. The van der Waals surface area contributed by atoms with Crippen LogP contribution in [-0.4, -0.2) is 5.33 Å². The third kappa shape index (κ3) is 2.31. The molecule has 0 radical (unpaired) electrons. The van der Waals surface area contributed by atoms with Crippen LogP contribution in [0.2, 0.25) is 0 Å². The van der Waals surface area contributed by atoms with Crippen molar-refractivity contribution in [1.82, 2.24) is 0 Å². The highest BCUT2D eigenvalue weighted by molar-refractivity contribution is 9.09. The van der Waals surface area contributed by atoms with Crippen LogP contribution in [0.1, 0.15) is 24.5 Å². The first-order valence-electron chi connectivity index (χ1n) is 4.44. The normalized spacial score (nSPS) is 15.4. The second-order valence-electron chi connectivity index (χ2n) is 3.32. The smallest absolute Gasteiger partial charge is 0.145 e. The number of aryl methyl sites for hydroxylation is 1. The second kappa shape index (κ2) is 4.23. The minimum atomic E-state index is -1.21. The molecular weight excluding hydrogens is 231 g/mol. The van der Waals surface area contributed by atoms with Gasteiger partial charge in [-0.15, -0.1) is 0 Å². The third-order valence-corrected chi connectivity index (χ3v) is 3.23. The fraction of sp³-hybridized carbons (Fsp3) is 0.455. The lowest BCUT2D eigenvalue weighted by atomic mass is 9.94. The maximum Gasteiger partial charge on any atom is 0.145 e. The Kier molecular flexibility index (Phi) is 3.48. The summed E-state index contributed by atoms with van der Waals surface area (Å²) in [7, 11) is 0. The summed E-state index contributed by atoms with van der Waals surface area (Å²) < 4.78 is 14.1. The van der Waals surface area contributed by atoms with Crippen LogP contribution in [0.4, 0.5) is 4.39 Å². The summed E-state index contributed by atoms with van der Waals surface area (Å²) >= 11 is 3.21. The van der Waals surface area contributed by atoms with Gasteiger partial charge in [0.25, 0.3) is 0 Å². The highest BCUT2D eigenvalue weighted by Gasteiger charge is 2.27. The van der Waals surface area contributed by atoms with Crippen molar-refractivity contribution in [2.75, 3.05) is 5.33 Å². The van der Waals surface area contributed by atoms with Gasteiger partial charge in [-0.2, -0.15) is 0 Å². The molecule has 1 rings (SSSR count). The predicted octanol–water partition coefficient (Wildman–Crippen LogP) is 3.96. The van der Waals surface area contributed by atoms with Crippen LogP contribution in [0.25, 0.3) is 0 Å². The van der Waals surface area contributed by atoms with Crippen molar-refractivity contribution in [3.8, 4) is 0 Å². The molecule has 1 aromatic carbocycles. The van der Waals surface area contributed by atoms with E-state index >= 15 is 0 Å².